The van der Waals surface area contributed by atoms with Crippen LogP contribution in [0.5, 0.6) is 0 Å². The summed E-state index contributed by atoms with van der Waals surface area (Å²) < 4.78 is 0.966. The first-order valence-corrected chi connectivity index (χ1v) is 7.99. The monoisotopic (exact) mass is 352 g/mol. The average Bonchev–Trinajstić information content (AvgIpc) is 2.82. The smallest absolute Gasteiger partial charge is 0.264 e. The second-order valence-corrected chi connectivity index (χ2v) is 7.34. The van der Waals surface area contributed by atoms with Gasteiger partial charge in [-0.25, -0.2) is 0 Å². The molecule has 0 bridgehead atoms. The summed E-state index contributed by atoms with van der Waals surface area (Å²) in [5, 5.41) is 0. The summed E-state index contributed by atoms with van der Waals surface area (Å²) in [5.74, 6) is 0.0538. The van der Waals surface area contributed by atoms with Crippen molar-refractivity contribution in [3.8, 4) is 0 Å². The molecule has 3 nitrogen and oxygen atoms in total. The maximum Gasteiger partial charge on any atom is 0.264 e. The Kier molecular flexibility index (Phi) is 4.83. The number of thiophene rings is 1. The van der Waals surface area contributed by atoms with Crippen LogP contribution in [0, 0.1) is 0 Å². The van der Waals surface area contributed by atoms with E-state index in [2.05, 4.69) is 15.9 Å². The fraction of sp³-hybridized carbons (Fsp3) is 0.267. The molecule has 0 atom stereocenters. The molecule has 0 unspecified atom stereocenters. The van der Waals surface area contributed by atoms with Crippen LogP contribution in [-0.4, -0.2) is 16.8 Å². The van der Waals surface area contributed by atoms with Gasteiger partial charge in [0.1, 0.15) is 0 Å². The van der Waals surface area contributed by atoms with Gasteiger partial charge >= 0.3 is 0 Å². The summed E-state index contributed by atoms with van der Waals surface area (Å²) in [6, 6.07) is 11.5. The van der Waals surface area contributed by atoms with Crippen molar-refractivity contribution >= 4 is 38.9 Å². The van der Waals surface area contributed by atoms with Gasteiger partial charge in [0.2, 0.25) is 0 Å². The van der Waals surface area contributed by atoms with Gasteiger partial charge in [-0.2, -0.15) is 0 Å². The lowest BCUT2D eigenvalue weighted by molar-refractivity contribution is 0.0695. The van der Waals surface area contributed by atoms with Crippen molar-refractivity contribution in [2.24, 2.45) is 0 Å². The Balaban J connectivity index is 2.21. The predicted octanol–water partition coefficient (Wildman–Crippen LogP) is 4.14. The van der Waals surface area contributed by atoms with Crippen molar-refractivity contribution in [2.45, 2.75) is 26.4 Å². The first-order valence-electron chi connectivity index (χ1n) is 6.38. The van der Waals surface area contributed by atoms with Crippen LogP contribution < -0.4 is 5.73 Å². The number of halogens is 1. The van der Waals surface area contributed by atoms with Gasteiger partial charge in [0, 0.05) is 18.3 Å². The Morgan fingerprint density at radius 3 is 2.65 bits per heavy atom. The summed E-state index contributed by atoms with van der Waals surface area (Å²) in [5.41, 5.74) is 7.56. The minimum Gasteiger partial charge on any atom is -0.399 e. The normalized spacial score (nSPS) is 10.8. The molecule has 2 aromatic rings. The van der Waals surface area contributed by atoms with Gasteiger partial charge in [-0.05, 0) is 59.6 Å². The number of amides is 1. The maximum atomic E-state index is 12.6. The van der Waals surface area contributed by atoms with Gasteiger partial charge in [-0.3, -0.25) is 4.79 Å². The van der Waals surface area contributed by atoms with Crippen LogP contribution in [0.3, 0.4) is 0 Å². The molecule has 1 heterocycles. The molecular formula is C15H17BrN2OS. The zero-order valence-corrected chi connectivity index (χ0v) is 13.9. The number of hydrogen-bond acceptors (Lipinski definition) is 3. The number of carbonyl (C=O) groups is 1. The highest BCUT2D eigenvalue weighted by molar-refractivity contribution is 9.11. The van der Waals surface area contributed by atoms with Gasteiger partial charge in [-0.15, -0.1) is 11.3 Å². The van der Waals surface area contributed by atoms with Gasteiger partial charge < -0.3 is 10.6 Å². The number of benzene rings is 1. The fourth-order valence-corrected chi connectivity index (χ4v) is 3.29. The first kappa shape index (κ1) is 15.1. The van der Waals surface area contributed by atoms with E-state index in [-0.39, 0.29) is 11.9 Å². The lowest BCUT2D eigenvalue weighted by Crippen LogP contribution is -2.35. The highest BCUT2D eigenvalue weighted by Gasteiger charge is 2.20. The molecule has 20 heavy (non-hydrogen) atoms. The van der Waals surface area contributed by atoms with Gasteiger partial charge in [0.15, 0.2) is 0 Å². The zero-order valence-electron chi connectivity index (χ0n) is 11.5. The number of anilines is 1. The highest BCUT2D eigenvalue weighted by atomic mass is 79.9. The molecule has 0 radical (unpaired) electrons. The van der Waals surface area contributed by atoms with Crippen LogP contribution in [0.15, 0.2) is 40.2 Å². The van der Waals surface area contributed by atoms with E-state index in [1.54, 1.807) is 0 Å². The van der Waals surface area contributed by atoms with Crippen molar-refractivity contribution in [3.05, 3.63) is 50.6 Å². The van der Waals surface area contributed by atoms with E-state index in [1.165, 1.54) is 11.3 Å². The van der Waals surface area contributed by atoms with E-state index in [0.717, 1.165) is 19.9 Å². The number of rotatable bonds is 4. The summed E-state index contributed by atoms with van der Waals surface area (Å²) in [6.45, 7) is 4.61. The Morgan fingerprint density at radius 1 is 1.35 bits per heavy atom. The van der Waals surface area contributed by atoms with Crippen molar-refractivity contribution in [1.29, 1.82) is 0 Å². The van der Waals surface area contributed by atoms with Gasteiger partial charge in [0.05, 0.1) is 8.66 Å². The van der Waals surface area contributed by atoms with E-state index in [1.807, 2.05) is 55.1 Å². The van der Waals surface area contributed by atoms with Crippen LogP contribution in [0.2, 0.25) is 0 Å². The van der Waals surface area contributed by atoms with Crippen molar-refractivity contribution in [2.75, 3.05) is 5.73 Å². The molecule has 1 amide bonds. The third-order valence-electron chi connectivity index (χ3n) is 2.97. The molecule has 2 rings (SSSR count). The molecule has 0 saturated heterocycles. The lowest BCUT2D eigenvalue weighted by atomic mass is 10.1. The summed E-state index contributed by atoms with van der Waals surface area (Å²) in [4.78, 5) is 15.2. The van der Waals surface area contributed by atoms with Crippen LogP contribution in [-0.2, 0) is 6.54 Å². The summed E-state index contributed by atoms with van der Waals surface area (Å²) in [6.07, 6.45) is 0. The number of nitrogens with two attached hydrogens (primary N) is 1. The van der Waals surface area contributed by atoms with Crippen molar-refractivity contribution in [1.82, 2.24) is 4.90 Å². The molecule has 106 valence electrons. The Hall–Kier alpha value is -1.33. The lowest BCUT2D eigenvalue weighted by Gasteiger charge is -2.26. The average molecular weight is 353 g/mol. The third-order valence-corrected chi connectivity index (χ3v) is 4.58. The van der Waals surface area contributed by atoms with Crippen molar-refractivity contribution < 1.29 is 4.79 Å². The van der Waals surface area contributed by atoms with Crippen molar-refractivity contribution in [3.63, 3.8) is 0 Å². The molecule has 1 aromatic carbocycles. The molecule has 0 fully saturated rings. The standard InChI is InChI=1S/C15H17BrN2OS/c1-10(2)18(9-11-4-3-5-12(17)8-11)15(19)13-6-7-14(16)20-13/h3-8,10H,9,17H2,1-2H3. The molecule has 1 aromatic heterocycles. The molecular weight excluding hydrogens is 336 g/mol. The first-order chi connectivity index (χ1) is 9.47. The van der Waals surface area contributed by atoms with Crippen LogP contribution in [0.1, 0.15) is 29.1 Å². The largest absolute Gasteiger partial charge is 0.399 e. The van der Waals surface area contributed by atoms with Crippen LogP contribution >= 0.6 is 27.3 Å². The number of hydrogen-bond donors (Lipinski definition) is 1. The molecule has 0 aliphatic heterocycles. The highest BCUT2D eigenvalue weighted by Crippen LogP contribution is 2.24. The second-order valence-electron chi connectivity index (χ2n) is 4.88. The van der Waals surface area contributed by atoms with E-state index >= 15 is 0 Å². The molecule has 0 saturated carbocycles. The van der Waals surface area contributed by atoms with E-state index in [0.29, 0.717) is 6.54 Å². The zero-order chi connectivity index (χ0) is 14.7. The topological polar surface area (TPSA) is 46.3 Å². The second kappa shape index (κ2) is 6.41. The molecule has 0 spiro atoms. The van der Waals surface area contributed by atoms with Crippen LogP contribution in [0.25, 0.3) is 0 Å². The number of nitrogen functional groups attached to an aromatic ring is 1. The minimum absolute atomic E-state index is 0.0538. The van der Waals surface area contributed by atoms with E-state index < -0.39 is 0 Å². The molecule has 2 N–H and O–H groups in total. The number of carbonyl (C=O) groups excluding carboxylic acids is 1. The van der Waals surface area contributed by atoms with Gasteiger partial charge in [0.25, 0.3) is 5.91 Å². The molecule has 0 aliphatic carbocycles. The van der Waals surface area contributed by atoms with E-state index in [4.69, 9.17) is 5.73 Å². The summed E-state index contributed by atoms with van der Waals surface area (Å²) in [7, 11) is 0. The Bertz CT molecular complexity index is 609. The Morgan fingerprint density at radius 2 is 2.10 bits per heavy atom. The van der Waals surface area contributed by atoms with Gasteiger partial charge in [-0.1, -0.05) is 12.1 Å². The van der Waals surface area contributed by atoms with Crippen LogP contribution in [0.4, 0.5) is 5.69 Å². The third kappa shape index (κ3) is 3.61. The minimum atomic E-state index is 0.0538. The predicted molar refractivity (Wildman–Crippen MR) is 87.9 cm³/mol. The SMILES string of the molecule is CC(C)N(Cc1cccc(N)c1)C(=O)c1ccc(Br)s1. The fourth-order valence-electron chi connectivity index (χ4n) is 1.95. The quantitative estimate of drug-likeness (QED) is 0.840. The maximum absolute atomic E-state index is 12.6. The Labute approximate surface area is 131 Å². The number of nitrogens with zero attached hydrogens (tertiary/aromatic N) is 1. The summed E-state index contributed by atoms with van der Waals surface area (Å²) >= 11 is 4.85. The van der Waals surface area contributed by atoms with E-state index in [9.17, 15) is 4.79 Å². The molecule has 5 heteroatoms. The molecule has 0 aliphatic rings.